The molecule has 0 radical (unpaired) electrons. The summed E-state index contributed by atoms with van der Waals surface area (Å²) < 4.78 is 7.41. The Labute approximate surface area is 119 Å². The molecule has 1 aliphatic heterocycles. The van der Waals surface area contributed by atoms with Crippen LogP contribution < -0.4 is 5.73 Å². The van der Waals surface area contributed by atoms with Crippen molar-refractivity contribution in [1.29, 1.82) is 0 Å². The van der Waals surface area contributed by atoms with Crippen molar-refractivity contribution in [3.8, 4) is 0 Å². The number of furan rings is 1. The minimum Gasteiger partial charge on any atom is -0.451 e. The van der Waals surface area contributed by atoms with Crippen LogP contribution >= 0.6 is 31.9 Å². The zero-order valence-electron chi connectivity index (χ0n) is 10.2. The van der Waals surface area contributed by atoms with E-state index in [4.69, 9.17) is 10.2 Å². The first-order valence-electron chi connectivity index (χ1n) is 5.87. The Morgan fingerprint density at radius 2 is 2.24 bits per heavy atom. The second-order valence-corrected chi connectivity index (χ2v) is 6.71. The van der Waals surface area contributed by atoms with Gasteiger partial charge in [-0.3, -0.25) is 4.90 Å². The van der Waals surface area contributed by atoms with Gasteiger partial charge in [0.1, 0.15) is 5.76 Å². The van der Waals surface area contributed by atoms with Crippen LogP contribution in [0.1, 0.15) is 38.5 Å². The van der Waals surface area contributed by atoms with Crippen LogP contribution in [0.5, 0.6) is 0 Å². The lowest BCUT2D eigenvalue weighted by atomic mass is 10.00. The van der Waals surface area contributed by atoms with Gasteiger partial charge in [0.05, 0.1) is 10.5 Å². The molecule has 2 rings (SSSR count). The van der Waals surface area contributed by atoms with Gasteiger partial charge in [-0.2, -0.15) is 0 Å². The zero-order chi connectivity index (χ0) is 12.6. The van der Waals surface area contributed by atoms with E-state index in [0.717, 1.165) is 21.4 Å². The zero-order valence-corrected chi connectivity index (χ0v) is 13.3. The van der Waals surface area contributed by atoms with Gasteiger partial charge in [-0.15, -0.1) is 0 Å². The summed E-state index contributed by atoms with van der Waals surface area (Å²) in [5.74, 6) is 0.932. The third kappa shape index (κ3) is 2.62. The van der Waals surface area contributed by atoms with Gasteiger partial charge in [0.15, 0.2) is 4.67 Å². The highest BCUT2D eigenvalue weighted by molar-refractivity contribution is 9.13. The van der Waals surface area contributed by atoms with Gasteiger partial charge in [0.25, 0.3) is 0 Å². The molecule has 5 heteroatoms. The molecule has 2 heterocycles. The number of hydrogen-bond donors (Lipinski definition) is 1. The van der Waals surface area contributed by atoms with Crippen molar-refractivity contribution >= 4 is 31.9 Å². The van der Waals surface area contributed by atoms with E-state index in [0.29, 0.717) is 6.54 Å². The first kappa shape index (κ1) is 13.6. The standard InChI is InChI=1S/C12H18Br2N2O/c1-12(2)4-3-5-16(12)9(7-15)10-6-8(13)11(14)17-10/h6,9H,3-5,7,15H2,1-2H3. The first-order valence-corrected chi connectivity index (χ1v) is 7.46. The third-order valence-electron chi connectivity index (χ3n) is 3.56. The van der Waals surface area contributed by atoms with Gasteiger partial charge in [-0.1, -0.05) is 0 Å². The van der Waals surface area contributed by atoms with Crippen molar-refractivity contribution in [2.75, 3.05) is 13.1 Å². The molecule has 0 amide bonds. The summed E-state index contributed by atoms with van der Waals surface area (Å²) in [5.41, 5.74) is 6.14. The molecule has 1 aromatic rings. The van der Waals surface area contributed by atoms with E-state index in [1.165, 1.54) is 12.8 Å². The molecule has 1 unspecified atom stereocenters. The van der Waals surface area contributed by atoms with E-state index in [1.807, 2.05) is 6.07 Å². The summed E-state index contributed by atoms with van der Waals surface area (Å²) in [6.07, 6.45) is 2.44. The van der Waals surface area contributed by atoms with Crippen LogP contribution in [0.3, 0.4) is 0 Å². The summed E-state index contributed by atoms with van der Waals surface area (Å²) in [6.45, 7) is 6.21. The number of halogens is 2. The molecule has 1 fully saturated rings. The van der Waals surface area contributed by atoms with Crippen molar-refractivity contribution in [1.82, 2.24) is 4.90 Å². The van der Waals surface area contributed by atoms with E-state index >= 15 is 0 Å². The topological polar surface area (TPSA) is 42.4 Å². The Hall–Kier alpha value is 0.160. The fraction of sp³-hybridized carbons (Fsp3) is 0.667. The van der Waals surface area contributed by atoms with E-state index in [2.05, 4.69) is 50.6 Å². The number of nitrogens with two attached hydrogens (primary N) is 1. The van der Waals surface area contributed by atoms with Crippen LogP contribution in [0.15, 0.2) is 19.6 Å². The molecule has 1 aliphatic rings. The predicted molar refractivity (Wildman–Crippen MR) is 75.9 cm³/mol. The maximum atomic E-state index is 5.93. The fourth-order valence-electron chi connectivity index (χ4n) is 2.63. The number of likely N-dealkylation sites (tertiary alicyclic amines) is 1. The van der Waals surface area contributed by atoms with E-state index in [1.54, 1.807) is 0 Å². The van der Waals surface area contributed by atoms with Crippen molar-refractivity contribution < 1.29 is 4.42 Å². The summed E-state index contributed by atoms with van der Waals surface area (Å²) in [5, 5.41) is 0. The van der Waals surface area contributed by atoms with Crippen LogP contribution in [-0.2, 0) is 0 Å². The minimum absolute atomic E-state index is 0.162. The van der Waals surface area contributed by atoms with Crippen LogP contribution in [0.25, 0.3) is 0 Å². The molecular weight excluding hydrogens is 348 g/mol. The molecule has 0 bridgehead atoms. The van der Waals surface area contributed by atoms with Crippen LogP contribution in [0.4, 0.5) is 0 Å². The largest absolute Gasteiger partial charge is 0.451 e. The Morgan fingerprint density at radius 3 is 2.65 bits per heavy atom. The van der Waals surface area contributed by atoms with Crippen LogP contribution in [-0.4, -0.2) is 23.5 Å². The predicted octanol–water partition coefficient (Wildman–Crippen LogP) is 3.68. The van der Waals surface area contributed by atoms with Gasteiger partial charge in [0, 0.05) is 12.1 Å². The highest BCUT2D eigenvalue weighted by Crippen LogP contribution is 2.38. The second-order valence-electron chi connectivity index (χ2n) is 5.13. The normalized spacial score (nSPS) is 21.9. The molecule has 1 atom stereocenters. The molecule has 0 aromatic carbocycles. The summed E-state index contributed by atoms with van der Waals surface area (Å²) >= 11 is 6.83. The number of hydrogen-bond acceptors (Lipinski definition) is 3. The second kappa shape index (κ2) is 5.03. The van der Waals surface area contributed by atoms with Crippen molar-refractivity contribution in [2.24, 2.45) is 5.73 Å². The lowest BCUT2D eigenvalue weighted by Gasteiger charge is -2.36. The van der Waals surface area contributed by atoms with Crippen LogP contribution in [0.2, 0.25) is 0 Å². The SMILES string of the molecule is CC1(C)CCCN1C(CN)c1cc(Br)c(Br)o1. The Kier molecular flexibility index (Phi) is 4.02. The van der Waals surface area contributed by atoms with Gasteiger partial charge >= 0.3 is 0 Å². The Bertz CT molecular complexity index is 384. The molecule has 0 saturated carbocycles. The molecule has 0 aliphatic carbocycles. The maximum absolute atomic E-state index is 5.93. The molecule has 17 heavy (non-hydrogen) atoms. The smallest absolute Gasteiger partial charge is 0.183 e. The fourth-order valence-corrected chi connectivity index (χ4v) is 3.24. The van der Waals surface area contributed by atoms with Gasteiger partial charge < -0.3 is 10.2 Å². The lowest BCUT2D eigenvalue weighted by Crippen LogP contribution is -2.43. The van der Waals surface area contributed by atoms with Gasteiger partial charge in [-0.25, -0.2) is 0 Å². The molecule has 3 nitrogen and oxygen atoms in total. The molecular formula is C12H18Br2N2O. The Balaban J connectivity index is 2.27. The molecule has 0 spiro atoms. The lowest BCUT2D eigenvalue weighted by molar-refractivity contribution is 0.104. The highest BCUT2D eigenvalue weighted by Gasteiger charge is 2.38. The quantitative estimate of drug-likeness (QED) is 0.888. The maximum Gasteiger partial charge on any atom is 0.183 e. The average Bonchev–Trinajstić information content (AvgIpc) is 2.74. The summed E-state index contributed by atoms with van der Waals surface area (Å²) in [6, 6.07) is 2.17. The van der Waals surface area contributed by atoms with Gasteiger partial charge in [-0.05, 0) is 71.2 Å². The van der Waals surface area contributed by atoms with E-state index < -0.39 is 0 Å². The summed E-state index contributed by atoms with van der Waals surface area (Å²) in [4.78, 5) is 2.45. The molecule has 96 valence electrons. The first-order chi connectivity index (χ1) is 7.95. The van der Waals surface area contributed by atoms with Crippen LogP contribution in [0, 0.1) is 0 Å². The van der Waals surface area contributed by atoms with Gasteiger partial charge in [0.2, 0.25) is 0 Å². The monoisotopic (exact) mass is 364 g/mol. The van der Waals surface area contributed by atoms with Crippen molar-refractivity contribution in [3.05, 3.63) is 21.0 Å². The molecule has 2 N–H and O–H groups in total. The van der Waals surface area contributed by atoms with Crippen molar-refractivity contribution in [3.63, 3.8) is 0 Å². The van der Waals surface area contributed by atoms with Crippen molar-refractivity contribution in [2.45, 2.75) is 38.3 Å². The molecule has 1 saturated heterocycles. The highest BCUT2D eigenvalue weighted by atomic mass is 79.9. The number of rotatable bonds is 3. The van der Waals surface area contributed by atoms with E-state index in [9.17, 15) is 0 Å². The third-order valence-corrected chi connectivity index (χ3v) is 5.27. The average molecular weight is 366 g/mol. The van der Waals surface area contributed by atoms with E-state index in [-0.39, 0.29) is 11.6 Å². The Morgan fingerprint density at radius 1 is 1.53 bits per heavy atom. The number of nitrogens with zero attached hydrogens (tertiary/aromatic N) is 1. The summed E-state index contributed by atoms with van der Waals surface area (Å²) in [7, 11) is 0. The molecule has 1 aromatic heterocycles. The minimum atomic E-state index is 0.162.